The van der Waals surface area contributed by atoms with E-state index in [0.717, 1.165) is 0 Å². The summed E-state index contributed by atoms with van der Waals surface area (Å²) in [5, 5.41) is 17.5. The van der Waals surface area contributed by atoms with Gasteiger partial charge < -0.3 is 5.11 Å². The van der Waals surface area contributed by atoms with E-state index in [0.29, 0.717) is 19.5 Å². The van der Waals surface area contributed by atoms with E-state index in [9.17, 15) is 4.79 Å². The quantitative estimate of drug-likeness (QED) is 0.699. The first-order valence-corrected chi connectivity index (χ1v) is 4.88. The molecule has 0 heterocycles. The van der Waals surface area contributed by atoms with E-state index in [4.69, 9.17) is 10.4 Å². The van der Waals surface area contributed by atoms with E-state index in [-0.39, 0.29) is 5.92 Å². The summed E-state index contributed by atoms with van der Waals surface area (Å²) in [6, 6.07) is 1.55. The minimum absolute atomic E-state index is 0.0612. The van der Waals surface area contributed by atoms with Gasteiger partial charge in [-0.25, -0.2) is 0 Å². The second-order valence-corrected chi connectivity index (χ2v) is 3.56. The number of nitriles is 1. The maximum Gasteiger partial charge on any atom is 0.321 e. The molecule has 4 nitrogen and oxygen atoms in total. The van der Waals surface area contributed by atoms with E-state index >= 15 is 0 Å². The molecule has 14 heavy (non-hydrogen) atoms. The van der Waals surface area contributed by atoms with Crippen molar-refractivity contribution in [1.29, 1.82) is 5.26 Å². The SMILES string of the molecule is CCN(CCC#N)C(C(=O)O)C(C)C. The number of carbonyl (C=O) groups is 1. The van der Waals surface area contributed by atoms with Gasteiger partial charge in [0.1, 0.15) is 6.04 Å². The van der Waals surface area contributed by atoms with Gasteiger partial charge in [-0.2, -0.15) is 5.26 Å². The van der Waals surface area contributed by atoms with Crippen molar-refractivity contribution in [2.45, 2.75) is 33.2 Å². The fraction of sp³-hybridized carbons (Fsp3) is 0.800. The van der Waals surface area contributed by atoms with Gasteiger partial charge in [0.25, 0.3) is 0 Å². The molecule has 0 radical (unpaired) electrons. The first kappa shape index (κ1) is 12.9. The lowest BCUT2D eigenvalue weighted by Crippen LogP contribution is -2.45. The molecule has 0 fully saturated rings. The number of hydrogen-bond donors (Lipinski definition) is 1. The van der Waals surface area contributed by atoms with Crippen molar-refractivity contribution in [3.8, 4) is 6.07 Å². The molecule has 0 aliphatic rings. The molecule has 0 spiro atoms. The molecule has 1 N–H and O–H groups in total. The molecular weight excluding hydrogens is 180 g/mol. The lowest BCUT2D eigenvalue weighted by atomic mass is 10.0. The van der Waals surface area contributed by atoms with Crippen molar-refractivity contribution < 1.29 is 9.90 Å². The summed E-state index contributed by atoms with van der Waals surface area (Å²) in [6.45, 7) is 6.87. The van der Waals surface area contributed by atoms with Crippen molar-refractivity contribution in [3.63, 3.8) is 0 Å². The molecule has 0 bridgehead atoms. The molecule has 0 amide bonds. The van der Waals surface area contributed by atoms with Crippen LogP contribution in [0.1, 0.15) is 27.2 Å². The van der Waals surface area contributed by atoms with E-state index < -0.39 is 12.0 Å². The van der Waals surface area contributed by atoms with Crippen molar-refractivity contribution in [3.05, 3.63) is 0 Å². The van der Waals surface area contributed by atoms with Gasteiger partial charge in [0.15, 0.2) is 0 Å². The Morgan fingerprint density at radius 2 is 2.14 bits per heavy atom. The fourth-order valence-electron chi connectivity index (χ4n) is 1.55. The van der Waals surface area contributed by atoms with E-state index in [1.54, 1.807) is 0 Å². The van der Waals surface area contributed by atoms with Crippen LogP contribution >= 0.6 is 0 Å². The van der Waals surface area contributed by atoms with Crippen LogP contribution in [0.5, 0.6) is 0 Å². The van der Waals surface area contributed by atoms with Gasteiger partial charge in [0, 0.05) is 13.0 Å². The summed E-state index contributed by atoms with van der Waals surface area (Å²) in [6.07, 6.45) is 0.379. The van der Waals surface area contributed by atoms with Gasteiger partial charge in [0.05, 0.1) is 6.07 Å². The summed E-state index contributed by atoms with van der Waals surface area (Å²) in [5.74, 6) is -0.745. The molecule has 0 aromatic heterocycles. The van der Waals surface area contributed by atoms with E-state index in [2.05, 4.69) is 0 Å². The molecule has 1 unspecified atom stereocenters. The first-order chi connectivity index (χ1) is 6.54. The molecule has 0 aromatic rings. The lowest BCUT2D eigenvalue weighted by molar-refractivity contribution is -0.145. The molecule has 0 aliphatic carbocycles. The van der Waals surface area contributed by atoms with Crippen LogP contribution < -0.4 is 0 Å². The minimum Gasteiger partial charge on any atom is -0.480 e. The molecule has 1 atom stereocenters. The number of carboxylic acid groups (broad SMARTS) is 1. The predicted octanol–water partition coefficient (Wildman–Crippen LogP) is 1.33. The van der Waals surface area contributed by atoms with Crippen molar-refractivity contribution in [1.82, 2.24) is 4.90 Å². The second kappa shape index (κ2) is 6.39. The molecule has 0 rings (SSSR count). The lowest BCUT2D eigenvalue weighted by Gasteiger charge is -2.29. The number of rotatable bonds is 6. The Kier molecular flexibility index (Phi) is 5.89. The molecule has 0 saturated heterocycles. The monoisotopic (exact) mass is 198 g/mol. The van der Waals surface area contributed by atoms with Crippen LogP contribution in [0.3, 0.4) is 0 Å². The van der Waals surface area contributed by atoms with Crippen LogP contribution in [0.15, 0.2) is 0 Å². The predicted molar refractivity (Wildman–Crippen MR) is 53.7 cm³/mol. The summed E-state index contributed by atoms with van der Waals surface area (Å²) in [4.78, 5) is 12.8. The third kappa shape index (κ3) is 3.75. The maximum atomic E-state index is 11.0. The normalized spacial score (nSPS) is 12.9. The standard InChI is InChI=1S/C10H18N2O2/c1-4-12(7-5-6-11)9(8(2)3)10(13)14/h8-9H,4-5,7H2,1-3H3,(H,13,14). The first-order valence-electron chi connectivity index (χ1n) is 4.88. The van der Waals surface area contributed by atoms with Gasteiger partial charge in [-0.3, -0.25) is 9.69 Å². The maximum absolute atomic E-state index is 11.0. The van der Waals surface area contributed by atoms with Crippen LogP contribution in [0.25, 0.3) is 0 Å². The molecule has 0 aliphatic heterocycles. The molecule has 0 aromatic carbocycles. The number of nitrogens with zero attached hydrogens (tertiary/aromatic N) is 2. The molecular formula is C10H18N2O2. The Morgan fingerprint density at radius 3 is 2.43 bits per heavy atom. The third-order valence-corrected chi connectivity index (χ3v) is 2.19. The second-order valence-electron chi connectivity index (χ2n) is 3.56. The van der Waals surface area contributed by atoms with Gasteiger partial charge in [-0.15, -0.1) is 0 Å². The molecule has 0 saturated carbocycles. The van der Waals surface area contributed by atoms with Crippen molar-refractivity contribution >= 4 is 5.97 Å². The van der Waals surface area contributed by atoms with Crippen LogP contribution in [0.4, 0.5) is 0 Å². The summed E-state index contributed by atoms with van der Waals surface area (Å²) < 4.78 is 0. The highest BCUT2D eigenvalue weighted by molar-refractivity contribution is 5.73. The zero-order chi connectivity index (χ0) is 11.1. The minimum atomic E-state index is -0.806. The zero-order valence-electron chi connectivity index (χ0n) is 9.03. The average molecular weight is 198 g/mol. The van der Waals surface area contributed by atoms with Crippen LogP contribution in [0.2, 0.25) is 0 Å². The Hall–Kier alpha value is -1.08. The van der Waals surface area contributed by atoms with E-state index in [1.165, 1.54) is 0 Å². The highest BCUT2D eigenvalue weighted by Gasteiger charge is 2.26. The number of carboxylic acids is 1. The Bertz CT molecular complexity index is 221. The van der Waals surface area contributed by atoms with Gasteiger partial charge in [-0.05, 0) is 12.5 Å². The smallest absolute Gasteiger partial charge is 0.321 e. The third-order valence-electron chi connectivity index (χ3n) is 2.19. The van der Waals surface area contributed by atoms with Crippen molar-refractivity contribution in [2.24, 2.45) is 5.92 Å². The largest absolute Gasteiger partial charge is 0.480 e. The Balaban J connectivity index is 4.43. The van der Waals surface area contributed by atoms with Crippen LogP contribution in [-0.2, 0) is 4.79 Å². The summed E-state index contributed by atoms with van der Waals surface area (Å²) in [7, 11) is 0. The van der Waals surface area contributed by atoms with Crippen molar-refractivity contribution in [2.75, 3.05) is 13.1 Å². The van der Waals surface area contributed by atoms with Crippen LogP contribution in [0, 0.1) is 17.2 Å². The fourth-order valence-corrected chi connectivity index (χ4v) is 1.55. The highest BCUT2D eigenvalue weighted by atomic mass is 16.4. The molecule has 80 valence electrons. The summed E-state index contributed by atoms with van der Waals surface area (Å²) in [5.41, 5.74) is 0. The van der Waals surface area contributed by atoms with Gasteiger partial charge in [0.2, 0.25) is 0 Å². The van der Waals surface area contributed by atoms with Crippen LogP contribution in [-0.4, -0.2) is 35.1 Å². The number of likely N-dealkylation sites (N-methyl/N-ethyl adjacent to an activating group) is 1. The van der Waals surface area contributed by atoms with Gasteiger partial charge >= 0.3 is 5.97 Å². The highest BCUT2D eigenvalue weighted by Crippen LogP contribution is 2.11. The van der Waals surface area contributed by atoms with Gasteiger partial charge in [-0.1, -0.05) is 20.8 Å². The zero-order valence-corrected chi connectivity index (χ0v) is 9.03. The Morgan fingerprint density at radius 1 is 1.57 bits per heavy atom. The molecule has 4 heteroatoms. The Labute approximate surface area is 85.1 Å². The summed E-state index contributed by atoms with van der Waals surface area (Å²) >= 11 is 0. The number of hydrogen-bond acceptors (Lipinski definition) is 3. The average Bonchev–Trinajstić information content (AvgIpc) is 2.10. The topological polar surface area (TPSA) is 64.3 Å². The van der Waals surface area contributed by atoms with E-state index in [1.807, 2.05) is 31.7 Å². The number of aliphatic carboxylic acids is 1.